The van der Waals surface area contributed by atoms with Gasteiger partial charge in [0.2, 0.25) is 5.91 Å². The lowest BCUT2D eigenvalue weighted by atomic mass is 9.74. The van der Waals surface area contributed by atoms with Crippen LogP contribution in [0.25, 0.3) is 0 Å². The van der Waals surface area contributed by atoms with Gasteiger partial charge in [0.25, 0.3) is 0 Å². The average Bonchev–Trinajstić information content (AvgIpc) is 3.45. The van der Waals surface area contributed by atoms with Crippen LogP contribution in [0, 0.1) is 30.0 Å². The number of aryl methyl sites for hydroxylation is 1. The molecule has 1 amide bonds. The van der Waals surface area contributed by atoms with Crippen molar-refractivity contribution in [3.8, 4) is 0 Å². The number of hydrogen-bond donors (Lipinski definition) is 4. The Morgan fingerprint density at radius 3 is 2.94 bits per heavy atom. The van der Waals surface area contributed by atoms with Gasteiger partial charge in [-0.1, -0.05) is 18.2 Å². The Balaban J connectivity index is 1.20. The summed E-state index contributed by atoms with van der Waals surface area (Å²) in [6.07, 6.45) is 5.62. The monoisotopic (exact) mass is 467 g/mol. The molecule has 5 atom stereocenters. The van der Waals surface area contributed by atoms with Crippen LogP contribution in [0.4, 0.5) is 4.39 Å². The molecular weight excluding hydrogens is 433 g/mol. The third-order valence-electron chi connectivity index (χ3n) is 7.97. The quantitative estimate of drug-likeness (QED) is 0.522. The maximum Gasteiger partial charge on any atom is 0.237 e. The molecule has 3 aliphatic rings. The molecule has 1 aliphatic carbocycles. The highest BCUT2D eigenvalue weighted by molar-refractivity contribution is 5.78. The highest BCUT2D eigenvalue weighted by atomic mass is 19.1. The van der Waals surface area contributed by atoms with Crippen LogP contribution in [0.1, 0.15) is 48.5 Å². The summed E-state index contributed by atoms with van der Waals surface area (Å²) >= 11 is 0. The molecule has 0 bridgehead atoms. The fourth-order valence-electron chi connectivity index (χ4n) is 6.04. The number of carbonyl (C=O) groups excluding carboxylic acids is 1. The van der Waals surface area contributed by atoms with Crippen molar-refractivity contribution in [2.24, 2.45) is 17.3 Å². The minimum absolute atomic E-state index is 0.0365. The van der Waals surface area contributed by atoms with Gasteiger partial charge >= 0.3 is 0 Å². The molecule has 0 radical (unpaired) electrons. The van der Waals surface area contributed by atoms with Crippen molar-refractivity contribution >= 4 is 5.91 Å². The smallest absolute Gasteiger partial charge is 0.237 e. The highest BCUT2D eigenvalue weighted by Gasteiger charge is 2.44. The number of pyridine rings is 1. The summed E-state index contributed by atoms with van der Waals surface area (Å²) in [5.74, 6) is 0.0912. The summed E-state index contributed by atoms with van der Waals surface area (Å²) < 4.78 is 14.2. The zero-order valence-corrected chi connectivity index (χ0v) is 19.6. The van der Waals surface area contributed by atoms with Gasteiger partial charge in [-0.3, -0.25) is 20.6 Å². The number of amides is 1. The second-order valence-electron chi connectivity index (χ2n) is 10.4. The molecule has 4 N–H and O–H groups in total. The summed E-state index contributed by atoms with van der Waals surface area (Å²) in [4.78, 5) is 17.5. The lowest BCUT2D eigenvalue weighted by Crippen LogP contribution is -2.47. The molecule has 8 heteroatoms. The largest absolute Gasteiger partial charge is 0.396 e. The Morgan fingerprint density at radius 1 is 1.29 bits per heavy atom. The predicted octanol–water partition coefficient (Wildman–Crippen LogP) is 2.42. The predicted molar refractivity (Wildman–Crippen MR) is 127 cm³/mol. The van der Waals surface area contributed by atoms with Crippen molar-refractivity contribution in [3.63, 3.8) is 0 Å². The SMILES string of the molecule is Cc1cc(C2NNC3CCC(C(=O)NN4CCC(CO)(Cc5ccccc5F)C4)CC32)ccn1. The van der Waals surface area contributed by atoms with E-state index in [1.54, 1.807) is 12.1 Å². The van der Waals surface area contributed by atoms with Crippen LogP contribution < -0.4 is 16.3 Å². The van der Waals surface area contributed by atoms with Crippen molar-refractivity contribution in [2.45, 2.75) is 51.1 Å². The number of aliphatic hydroxyl groups is 1. The van der Waals surface area contributed by atoms with Gasteiger partial charge in [0.05, 0.1) is 12.6 Å². The Labute approximate surface area is 200 Å². The lowest BCUT2D eigenvalue weighted by molar-refractivity contribution is -0.131. The molecular formula is C26H34FN5O2. The Morgan fingerprint density at radius 2 is 2.15 bits per heavy atom. The van der Waals surface area contributed by atoms with Gasteiger partial charge in [0, 0.05) is 42.4 Å². The normalized spacial score (nSPS) is 31.4. The van der Waals surface area contributed by atoms with E-state index in [1.807, 2.05) is 30.3 Å². The number of fused-ring (bicyclic) bond motifs is 1. The van der Waals surface area contributed by atoms with E-state index in [0.29, 0.717) is 43.5 Å². The molecule has 182 valence electrons. The van der Waals surface area contributed by atoms with Crippen molar-refractivity contribution in [1.82, 2.24) is 26.3 Å². The number of nitrogens with one attached hydrogen (secondary N) is 3. The summed E-state index contributed by atoms with van der Waals surface area (Å²) in [5.41, 5.74) is 12.4. The number of aliphatic hydroxyl groups excluding tert-OH is 1. The van der Waals surface area contributed by atoms with Gasteiger partial charge < -0.3 is 5.11 Å². The molecule has 2 aliphatic heterocycles. The van der Waals surface area contributed by atoms with Gasteiger partial charge in [-0.2, -0.15) is 0 Å². The Bertz CT molecular complexity index is 1040. The molecule has 3 fully saturated rings. The van der Waals surface area contributed by atoms with Crippen LogP contribution in [0.5, 0.6) is 0 Å². The van der Waals surface area contributed by atoms with E-state index in [0.717, 1.165) is 25.0 Å². The minimum Gasteiger partial charge on any atom is -0.396 e. The molecule has 0 spiro atoms. The first kappa shape index (κ1) is 23.4. The van der Waals surface area contributed by atoms with Crippen LogP contribution in [0.15, 0.2) is 42.6 Å². The van der Waals surface area contributed by atoms with E-state index < -0.39 is 5.41 Å². The Hall–Kier alpha value is -2.39. The molecule has 5 rings (SSSR count). The first-order valence-electron chi connectivity index (χ1n) is 12.3. The van der Waals surface area contributed by atoms with Crippen LogP contribution in [0.2, 0.25) is 0 Å². The zero-order chi connectivity index (χ0) is 23.7. The molecule has 7 nitrogen and oxygen atoms in total. The van der Waals surface area contributed by atoms with E-state index in [1.165, 1.54) is 11.6 Å². The van der Waals surface area contributed by atoms with Crippen molar-refractivity contribution in [1.29, 1.82) is 0 Å². The third-order valence-corrected chi connectivity index (χ3v) is 7.97. The third kappa shape index (κ3) is 4.73. The number of carbonyl (C=O) groups is 1. The lowest BCUT2D eigenvalue weighted by Gasteiger charge is -2.34. The fraction of sp³-hybridized carbons (Fsp3) is 0.538. The van der Waals surface area contributed by atoms with E-state index >= 15 is 0 Å². The van der Waals surface area contributed by atoms with E-state index in [9.17, 15) is 14.3 Å². The molecule has 34 heavy (non-hydrogen) atoms. The van der Waals surface area contributed by atoms with Crippen molar-refractivity contribution in [3.05, 3.63) is 65.2 Å². The number of benzene rings is 1. The fourth-order valence-corrected chi connectivity index (χ4v) is 6.04. The maximum atomic E-state index is 14.2. The van der Waals surface area contributed by atoms with Gasteiger partial charge in [-0.05, 0) is 74.3 Å². The summed E-state index contributed by atoms with van der Waals surface area (Å²) in [6, 6.07) is 11.4. The van der Waals surface area contributed by atoms with E-state index in [-0.39, 0.29) is 30.3 Å². The second kappa shape index (κ2) is 9.70. The maximum absolute atomic E-state index is 14.2. The van der Waals surface area contributed by atoms with Gasteiger partial charge in [0.1, 0.15) is 5.82 Å². The molecule has 2 aromatic rings. The van der Waals surface area contributed by atoms with Gasteiger partial charge in [-0.15, -0.1) is 0 Å². The number of nitrogens with zero attached hydrogens (tertiary/aromatic N) is 2. The molecule has 1 aromatic heterocycles. The number of aromatic nitrogens is 1. The van der Waals surface area contributed by atoms with Crippen LogP contribution in [-0.4, -0.2) is 46.7 Å². The number of hydrogen-bond acceptors (Lipinski definition) is 6. The van der Waals surface area contributed by atoms with Crippen LogP contribution in [-0.2, 0) is 11.2 Å². The summed E-state index contributed by atoms with van der Waals surface area (Å²) in [6.45, 7) is 3.13. The first-order chi connectivity index (χ1) is 16.5. The molecule has 1 saturated carbocycles. The summed E-state index contributed by atoms with van der Waals surface area (Å²) in [5, 5.41) is 12.1. The van der Waals surface area contributed by atoms with Gasteiger partial charge in [-0.25, -0.2) is 14.8 Å². The number of halogens is 1. The average molecular weight is 468 g/mol. The number of rotatable bonds is 6. The Kier molecular flexibility index (Phi) is 6.66. The summed E-state index contributed by atoms with van der Waals surface area (Å²) in [7, 11) is 0. The van der Waals surface area contributed by atoms with E-state index in [4.69, 9.17) is 0 Å². The minimum atomic E-state index is -0.448. The second-order valence-corrected chi connectivity index (χ2v) is 10.4. The van der Waals surface area contributed by atoms with Crippen molar-refractivity contribution in [2.75, 3.05) is 19.7 Å². The van der Waals surface area contributed by atoms with Gasteiger partial charge in [0.15, 0.2) is 0 Å². The molecule has 5 unspecified atom stereocenters. The van der Waals surface area contributed by atoms with Crippen molar-refractivity contribution < 1.29 is 14.3 Å². The first-order valence-corrected chi connectivity index (χ1v) is 12.3. The van der Waals surface area contributed by atoms with Crippen LogP contribution >= 0.6 is 0 Å². The van der Waals surface area contributed by atoms with Crippen LogP contribution in [0.3, 0.4) is 0 Å². The van der Waals surface area contributed by atoms with E-state index in [2.05, 4.69) is 27.3 Å². The topological polar surface area (TPSA) is 89.5 Å². The zero-order valence-electron chi connectivity index (χ0n) is 19.6. The number of hydrazine groups is 2. The highest BCUT2D eigenvalue weighted by Crippen LogP contribution is 2.41. The molecule has 2 saturated heterocycles. The molecule has 3 heterocycles. The standard InChI is InChI=1S/C26H34FN5O2/c1-17-12-18(8-10-28-17)24-21-13-19(6-7-23(21)29-30-24)25(34)31-32-11-9-26(15-32,16-33)14-20-4-2-3-5-22(20)27/h2-5,8,10,12,19,21,23-24,29-30,33H,6-7,9,11,13-16H2,1H3,(H,31,34). The molecule has 1 aromatic carbocycles.